The number of aliphatic imine (C=N–C) groups is 1. The van der Waals surface area contributed by atoms with Gasteiger partial charge in [0.1, 0.15) is 0 Å². The average molecular weight is 269 g/mol. The van der Waals surface area contributed by atoms with Crippen LogP contribution >= 0.6 is 11.6 Å². The van der Waals surface area contributed by atoms with Gasteiger partial charge in [0.15, 0.2) is 5.96 Å². The summed E-state index contributed by atoms with van der Waals surface area (Å²) >= 11 is 6.08. The number of urea groups is 1. The van der Waals surface area contributed by atoms with Gasteiger partial charge in [-0.05, 0) is 25.5 Å². The van der Waals surface area contributed by atoms with Crippen LogP contribution in [0.4, 0.5) is 10.5 Å². The first-order valence-electron chi connectivity index (χ1n) is 5.57. The Kier molecular flexibility index (Phi) is 4.97. The molecule has 0 unspecified atom stereocenters. The highest BCUT2D eigenvalue weighted by molar-refractivity contribution is 6.34. The first-order chi connectivity index (χ1) is 8.47. The number of carbonyl (C=O) groups excluding carboxylic acids is 1. The molecule has 6 heteroatoms. The van der Waals surface area contributed by atoms with Crippen molar-refractivity contribution in [2.24, 2.45) is 10.7 Å². The molecule has 0 radical (unpaired) electrons. The number of rotatable bonds is 2. The molecule has 0 saturated heterocycles. The number of aryl methyl sites for hydroxylation is 1. The van der Waals surface area contributed by atoms with Gasteiger partial charge in [-0.2, -0.15) is 0 Å². The van der Waals surface area contributed by atoms with Gasteiger partial charge >= 0.3 is 6.03 Å². The van der Waals surface area contributed by atoms with Crippen molar-refractivity contribution in [1.82, 2.24) is 5.32 Å². The van der Waals surface area contributed by atoms with Gasteiger partial charge in [-0.3, -0.25) is 15.2 Å². The van der Waals surface area contributed by atoms with Gasteiger partial charge in [-0.15, -0.1) is 0 Å². The Labute approximate surface area is 112 Å². The number of halogens is 1. The summed E-state index contributed by atoms with van der Waals surface area (Å²) in [5.74, 6) is 0.0963. The van der Waals surface area contributed by atoms with E-state index >= 15 is 0 Å². The molecule has 98 valence electrons. The summed E-state index contributed by atoms with van der Waals surface area (Å²) in [6.45, 7) is 4.23. The minimum absolute atomic E-state index is 0.0963. The molecule has 5 nitrogen and oxygen atoms in total. The zero-order valence-electron chi connectivity index (χ0n) is 10.7. The maximum atomic E-state index is 11.9. The predicted molar refractivity (Wildman–Crippen MR) is 75.3 cm³/mol. The summed E-state index contributed by atoms with van der Waals surface area (Å²) in [4.78, 5) is 17.2. The molecule has 0 aliphatic carbocycles. The first kappa shape index (κ1) is 14.3. The van der Waals surface area contributed by atoms with Crippen molar-refractivity contribution in [3.8, 4) is 0 Å². The lowest BCUT2D eigenvalue weighted by atomic mass is 10.2. The number of para-hydroxylation sites is 1. The third-order valence-electron chi connectivity index (χ3n) is 2.39. The highest BCUT2D eigenvalue weighted by Gasteiger charge is 2.16. The second-order valence-electron chi connectivity index (χ2n) is 3.75. The molecule has 0 heterocycles. The van der Waals surface area contributed by atoms with Crippen molar-refractivity contribution < 1.29 is 4.79 Å². The number of anilines is 1. The molecule has 3 N–H and O–H groups in total. The Morgan fingerprint density at radius 2 is 2.22 bits per heavy atom. The Balaban J connectivity index is 2.90. The Morgan fingerprint density at radius 3 is 2.78 bits per heavy atom. The molecule has 2 amide bonds. The van der Waals surface area contributed by atoms with Crippen molar-refractivity contribution in [3.05, 3.63) is 28.8 Å². The van der Waals surface area contributed by atoms with E-state index in [1.54, 1.807) is 13.1 Å². The van der Waals surface area contributed by atoms with E-state index in [1.165, 1.54) is 4.90 Å². The molecule has 0 spiro atoms. The fourth-order valence-electron chi connectivity index (χ4n) is 1.55. The van der Waals surface area contributed by atoms with Crippen LogP contribution in [0.3, 0.4) is 0 Å². The monoisotopic (exact) mass is 268 g/mol. The molecule has 0 saturated carbocycles. The molecule has 0 aliphatic rings. The molecule has 0 fully saturated rings. The van der Waals surface area contributed by atoms with Gasteiger partial charge in [0.05, 0.1) is 10.7 Å². The van der Waals surface area contributed by atoms with Gasteiger partial charge in [0.25, 0.3) is 0 Å². The van der Waals surface area contributed by atoms with Crippen LogP contribution in [0.15, 0.2) is 23.2 Å². The summed E-state index contributed by atoms with van der Waals surface area (Å²) in [7, 11) is 1.63. The Bertz CT molecular complexity index is 453. The number of nitrogens with one attached hydrogen (secondary N) is 1. The zero-order chi connectivity index (χ0) is 13.7. The lowest BCUT2D eigenvalue weighted by Gasteiger charge is -2.21. The molecule has 1 rings (SSSR count). The molecule has 18 heavy (non-hydrogen) atoms. The molecule has 0 aliphatic heterocycles. The van der Waals surface area contributed by atoms with E-state index in [0.717, 1.165) is 5.56 Å². The second-order valence-corrected chi connectivity index (χ2v) is 4.16. The molecule has 0 aromatic heterocycles. The summed E-state index contributed by atoms with van der Waals surface area (Å²) in [6, 6.07) is 5.08. The number of carbonyl (C=O) groups is 1. The van der Waals surface area contributed by atoms with Crippen LogP contribution in [0.2, 0.25) is 5.02 Å². The van der Waals surface area contributed by atoms with Gasteiger partial charge in [0, 0.05) is 13.6 Å². The van der Waals surface area contributed by atoms with Gasteiger partial charge < -0.3 is 5.73 Å². The third-order valence-corrected chi connectivity index (χ3v) is 2.70. The van der Waals surface area contributed by atoms with Gasteiger partial charge in [-0.1, -0.05) is 23.7 Å². The zero-order valence-corrected chi connectivity index (χ0v) is 11.5. The van der Waals surface area contributed by atoms with Crippen LogP contribution in [0.5, 0.6) is 0 Å². The average Bonchev–Trinajstić information content (AvgIpc) is 2.28. The SMILES string of the molecule is CCN=C(N)NC(=O)N(C)c1c(C)cccc1Cl. The van der Waals surface area contributed by atoms with Crippen molar-refractivity contribution >= 4 is 29.3 Å². The van der Waals surface area contributed by atoms with E-state index in [4.69, 9.17) is 17.3 Å². The lowest BCUT2D eigenvalue weighted by molar-refractivity contribution is 0.251. The number of hydrogen-bond donors (Lipinski definition) is 2. The van der Waals surface area contributed by atoms with Gasteiger partial charge in [0.2, 0.25) is 0 Å². The lowest BCUT2D eigenvalue weighted by Crippen LogP contribution is -2.44. The second kappa shape index (κ2) is 6.26. The Hall–Kier alpha value is -1.75. The van der Waals surface area contributed by atoms with Crippen LogP contribution in [0, 0.1) is 6.92 Å². The minimum atomic E-state index is -0.374. The smallest absolute Gasteiger partial charge is 0.328 e. The van der Waals surface area contributed by atoms with Crippen LogP contribution in [-0.2, 0) is 0 Å². The molecule has 0 bridgehead atoms. The van der Waals surface area contributed by atoms with E-state index in [-0.39, 0.29) is 12.0 Å². The largest absolute Gasteiger partial charge is 0.370 e. The van der Waals surface area contributed by atoms with E-state index in [9.17, 15) is 4.79 Å². The molecule has 1 aromatic carbocycles. The summed E-state index contributed by atoms with van der Waals surface area (Å²) in [5, 5.41) is 3.00. The topological polar surface area (TPSA) is 70.7 Å². The van der Waals surface area contributed by atoms with Crippen molar-refractivity contribution in [2.45, 2.75) is 13.8 Å². The van der Waals surface area contributed by atoms with E-state index in [0.29, 0.717) is 17.3 Å². The van der Waals surface area contributed by atoms with Crippen molar-refractivity contribution in [2.75, 3.05) is 18.5 Å². The highest BCUT2D eigenvalue weighted by Crippen LogP contribution is 2.28. The Morgan fingerprint density at radius 1 is 1.56 bits per heavy atom. The predicted octanol–water partition coefficient (Wildman–Crippen LogP) is 2.13. The molecular formula is C12H17ClN4O. The molecule has 1 aromatic rings. The number of amides is 2. The summed E-state index contributed by atoms with van der Waals surface area (Å²) in [6.07, 6.45) is 0. The quantitative estimate of drug-likeness (QED) is 0.637. The number of nitrogens with zero attached hydrogens (tertiary/aromatic N) is 2. The van der Waals surface area contributed by atoms with Gasteiger partial charge in [-0.25, -0.2) is 4.79 Å². The van der Waals surface area contributed by atoms with E-state index in [1.807, 2.05) is 26.0 Å². The number of benzene rings is 1. The maximum Gasteiger partial charge on any atom is 0.328 e. The summed E-state index contributed by atoms with van der Waals surface area (Å²) in [5.41, 5.74) is 7.10. The normalized spacial score (nSPS) is 11.2. The number of hydrogen-bond acceptors (Lipinski definition) is 2. The minimum Gasteiger partial charge on any atom is -0.370 e. The third kappa shape index (κ3) is 3.37. The van der Waals surface area contributed by atoms with Crippen LogP contribution in [0.25, 0.3) is 0 Å². The van der Waals surface area contributed by atoms with Crippen LogP contribution in [-0.4, -0.2) is 25.6 Å². The highest BCUT2D eigenvalue weighted by atomic mass is 35.5. The van der Waals surface area contributed by atoms with Crippen LogP contribution < -0.4 is 16.0 Å². The summed E-state index contributed by atoms with van der Waals surface area (Å²) < 4.78 is 0. The molecule has 0 atom stereocenters. The number of guanidine groups is 1. The maximum absolute atomic E-state index is 11.9. The molecular weight excluding hydrogens is 252 g/mol. The van der Waals surface area contributed by atoms with E-state index in [2.05, 4.69) is 10.3 Å². The van der Waals surface area contributed by atoms with E-state index < -0.39 is 0 Å². The first-order valence-corrected chi connectivity index (χ1v) is 5.95. The van der Waals surface area contributed by atoms with Crippen molar-refractivity contribution in [3.63, 3.8) is 0 Å². The fourth-order valence-corrected chi connectivity index (χ4v) is 1.90. The van der Waals surface area contributed by atoms with Crippen molar-refractivity contribution in [1.29, 1.82) is 0 Å². The fraction of sp³-hybridized carbons (Fsp3) is 0.333. The standard InChI is InChI=1S/C12H17ClN4O/c1-4-15-11(14)16-12(18)17(3)10-8(2)6-5-7-9(10)13/h5-7H,4H2,1-3H3,(H3,14,15,16,18). The van der Waals surface area contributed by atoms with Crippen LogP contribution in [0.1, 0.15) is 12.5 Å². The number of nitrogens with two attached hydrogens (primary N) is 1.